The number of nitrogens with zero attached hydrogens (tertiary/aromatic N) is 1. The fourth-order valence-corrected chi connectivity index (χ4v) is 6.88. The number of unbranched alkanes of at least 4 members (excludes halogenated alkanes) is 24. The summed E-state index contributed by atoms with van der Waals surface area (Å²) in [5, 5.41) is 13.7. The molecule has 0 aliphatic rings. The fraction of sp³-hybridized carbons (Fsp3) is 0.884. The molecule has 0 fully saturated rings. The van der Waals surface area contributed by atoms with E-state index in [0.29, 0.717) is 17.4 Å². The SMILES string of the molecule is CCC/C=C\CCCCCCCC/C=C/[C@@H](O)[C@H](COP(=O)([O-])OCC[N+](C)(C)C)NC(=O)CCCCCCCCCCCCCCCCCCC. The number of hydrogen-bond donors (Lipinski definition) is 2. The average molecular weight is 757 g/mol. The van der Waals surface area contributed by atoms with Gasteiger partial charge in [0, 0.05) is 6.42 Å². The monoisotopic (exact) mass is 757 g/mol. The number of aliphatic hydroxyl groups is 1. The number of rotatable bonds is 39. The number of phosphoric ester groups is 1. The number of amides is 1. The van der Waals surface area contributed by atoms with Gasteiger partial charge in [-0.15, -0.1) is 0 Å². The van der Waals surface area contributed by atoms with Crippen LogP contribution in [0.25, 0.3) is 0 Å². The van der Waals surface area contributed by atoms with Crippen LogP contribution in [0.15, 0.2) is 24.3 Å². The maximum absolute atomic E-state index is 12.8. The summed E-state index contributed by atoms with van der Waals surface area (Å²) in [5.41, 5.74) is 0. The van der Waals surface area contributed by atoms with Crippen molar-refractivity contribution in [2.75, 3.05) is 40.9 Å². The molecule has 0 spiro atoms. The Hall–Kier alpha value is -1.02. The smallest absolute Gasteiger partial charge is 0.268 e. The van der Waals surface area contributed by atoms with Crippen molar-refractivity contribution in [2.24, 2.45) is 0 Å². The molecule has 0 aliphatic heterocycles. The Kier molecular flexibility index (Phi) is 35.0. The van der Waals surface area contributed by atoms with E-state index in [1.165, 1.54) is 135 Å². The molecule has 308 valence electrons. The Morgan fingerprint density at radius 1 is 0.654 bits per heavy atom. The van der Waals surface area contributed by atoms with E-state index in [1.807, 2.05) is 27.2 Å². The van der Waals surface area contributed by atoms with Crippen molar-refractivity contribution in [3.8, 4) is 0 Å². The Bertz CT molecular complexity index is 907. The third kappa shape index (κ3) is 37.3. The molecule has 1 amide bonds. The number of likely N-dealkylation sites (N-methyl/N-ethyl adjacent to an activating group) is 1. The van der Waals surface area contributed by atoms with E-state index in [1.54, 1.807) is 6.08 Å². The molecule has 52 heavy (non-hydrogen) atoms. The molecular formula is C43H85N2O6P. The van der Waals surface area contributed by atoms with Crippen LogP contribution >= 0.6 is 7.82 Å². The Morgan fingerprint density at radius 2 is 1.10 bits per heavy atom. The molecule has 0 aromatic heterocycles. The first-order chi connectivity index (χ1) is 25.0. The number of hydrogen-bond acceptors (Lipinski definition) is 6. The third-order valence-electron chi connectivity index (χ3n) is 9.64. The highest BCUT2D eigenvalue weighted by atomic mass is 31.2. The maximum Gasteiger partial charge on any atom is 0.268 e. The van der Waals surface area contributed by atoms with Gasteiger partial charge in [-0.1, -0.05) is 173 Å². The van der Waals surface area contributed by atoms with Gasteiger partial charge in [-0.2, -0.15) is 0 Å². The normalized spacial score (nSPS) is 14.7. The lowest BCUT2D eigenvalue weighted by Crippen LogP contribution is -2.45. The number of carbonyl (C=O) groups excluding carboxylic acids is 1. The summed E-state index contributed by atoms with van der Waals surface area (Å²) < 4.78 is 23.2. The van der Waals surface area contributed by atoms with Crippen LogP contribution in [0.2, 0.25) is 0 Å². The van der Waals surface area contributed by atoms with Crippen LogP contribution in [-0.4, -0.2) is 68.5 Å². The molecular weight excluding hydrogens is 671 g/mol. The summed E-state index contributed by atoms with van der Waals surface area (Å²) in [6.45, 7) is 4.59. The van der Waals surface area contributed by atoms with Crippen LogP contribution in [0.4, 0.5) is 0 Å². The highest BCUT2D eigenvalue weighted by Crippen LogP contribution is 2.38. The van der Waals surface area contributed by atoms with Crippen molar-refractivity contribution in [3.05, 3.63) is 24.3 Å². The van der Waals surface area contributed by atoms with Crippen LogP contribution in [0, 0.1) is 0 Å². The average Bonchev–Trinajstić information content (AvgIpc) is 3.09. The van der Waals surface area contributed by atoms with Crippen LogP contribution in [-0.2, 0) is 18.4 Å². The minimum absolute atomic E-state index is 0.000917. The first-order valence-electron chi connectivity index (χ1n) is 21.7. The van der Waals surface area contributed by atoms with Crippen molar-refractivity contribution in [1.29, 1.82) is 0 Å². The molecule has 0 radical (unpaired) electrons. The van der Waals surface area contributed by atoms with Gasteiger partial charge >= 0.3 is 0 Å². The molecule has 3 atom stereocenters. The van der Waals surface area contributed by atoms with E-state index in [2.05, 4.69) is 31.3 Å². The van der Waals surface area contributed by atoms with Gasteiger partial charge in [0.2, 0.25) is 5.91 Å². The van der Waals surface area contributed by atoms with E-state index >= 15 is 0 Å². The quantitative estimate of drug-likeness (QED) is 0.0280. The second-order valence-corrected chi connectivity index (χ2v) is 17.5. The fourth-order valence-electron chi connectivity index (χ4n) is 6.15. The number of aliphatic hydroxyl groups excluding tert-OH is 1. The number of phosphoric acid groups is 1. The van der Waals surface area contributed by atoms with Gasteiger partial charge in [0.25, 0.3) is 7.82 Å². The summed E-state index contributed by atoms with van der Waals surface area (Å²) in [6, 6.07) is -0.884. The topological polar surface area (TPSA) is 108 Å². The zero-order valence-corrected chi connectivity index (χ0v) is 35.7. The van der Waals surface area contributed by atoms with Crippen LogP contribution < -0.4 is 10.2 Å². The lowest BCUT2D eigenvalue weighted by atomic mass is 10.0. The minimum atomic E-state index is -4.58. The predicted molar refractivity (Wildman–Crippen MR) is 219 cm³/mol. The lowest BCUT2D eigenvalue weighted by Gasteiger charge is -2.29. The molecule has 0 bridgehead atoms. The second kappa shape index (κ2) is 35.7. The second-order valence-electron chi connectivity index (χ2n) is 16.0. The third-order valence-corrected chi connectivity index (χ3v) is 10.6. The molecule has 0 saturated carbocycles. The number of carbonyl (C=O) groups is 1. The van der Waals surface area contributed by atoms with Gasteiger partial charge in [0.15, 0.2) is 0 Å². The van der Waals surface area contributed by atoms with Gasteiger partial charge in [-0.3, -0.25) is 9.36 Å². The minimum Gasteiger partial charge on any atom is -0.756 e. The van der Waals surface area contributed by atoms with Crippen molar-refractivity contribution in [2.45, 2.75) is 206 Å². The Labute approximate surface area is 322 Å². The van der Waals surface area contributed by atoms with Gasteiger partial charge in [0.1, 0.15) is 13.2 Å². The Balaban J connectivity index is 4.41. The molecule has 9 heteroatoms. The van der Waals surface area contributed by atoms with Crippen LogP contribution in [0.3, 0.4) is 0 Å². The highest BCUT2D eigenvalue weighted by Gasteiger charge is 2.23. The largest absolute Gasteiger partial charge is 0.756 e. The maximum atomic E-state index is 12.8. The number of quaternary nitrogens is 1. The van der Waals surface area contributed by atoms with Gasteiger partial charge in [-0.25, -0.2) is 0 Å². The first kappa shape index (κ1) is 51.0. The summed E-state index contributed by atoms with van der Waals surface area (Å²) >= 11 is 0. The molecule has 0 rings (SSSR count). The first-order valence-corrected chi connectivity index (χ1v) is 23.2. The summed E-state index contributed by atoms with van der Waals surface area (Å²) in [5.74, 6) is -0.199. The molecule has 2 N–H and O–H groups in total. The summed E-state index contributed by atoms with van der Waals surface area (Å²) in [7, 11) is 1.26. The predicted octanol–water partition coefficient (Wildman–Crippen LogP) is 11.1. The van der Waals surface area contributed by atoms with Crippen molar-refractivity contribution >= 4 is 13.7 Å². The van der Waals surface area contributed by atoms with E-state index in [-0.39, 0.29) is 19.1 Å². The van der Waals surface area contributed by atoms with Crippen molar-refractivity contribution in [3.63, 3.8) is 0 Å². The molecule has 0 heterocycles. The Morgan fingerprint density at radius 3 is 1.58 bits per heavy atom. The van der Waals surface area contributed by atoms with Crippen molar-refractivity contribution in [1.82, 2.24) is 5.32 Å². The van der Waals surface area contributed by atoms with Gasteiger partial charge < -0.3 is 28.8 Å². The van der Waals surface area contributed by atoms with E-state index in [4.69, 9.17) is 9.05 Å². The molecule has 0 aliphatic carbocycles. The summed E-state index contributed by atoms with van der Waals surface area (Å²) in [6.07, 6.45) is 40.7. The number of nitrogens with one attached hydrogen (secondary N) is 1. The molecule has 8 nitrogen and oxygen atoms in total. The zero-order valence-electron chi connectivity index (χ0n) is 34.8. The van der Waals surface area contributed by atoms with E-state index < -0.39 is 20.0 Å². The van der Waals surface area contributed by atoms with E-state index in [9.17, 15) is 19.4 Å². The molecule has 0 saturated heterocycles. The summed E-state index contributed by atoms with van der Waals surface area (Å²) in [4.78, 5) is 25.2. The van der Waals surface area contributed by atoms with Gasteiger partial charge in [0.05, 0.1) is 39.9 Å². The molecule has 0 aromatic rings. The highest BCUT2D eigenvalue weighted by molar-refractivity contribution is 7.45. The van der Waals surface area contributed by atoms with Crippen LogP contribution in [0.5, 0.6) is 0 Å². The molecule has 0 aromatic carbocycles. The number of allylic oxidation sites excluding steroid dienone is 3. The standard InChI is InChI=1S/C43H85N2O6P/c1-6-8-10-12-14-16-18-20-21-22-23-25-27-29-31-33-35-37-43(47)44-41(40-51-52(48,49)50-39-38-45(3,4)5)42(46)36-34-32-30-28-26-24-19-17-15-13-11-9-7-2/h11,13,34,36,41-42,46H,6-10,12,14-33,35,37-40H2,1-5H3,(H-,44,47,48,49)/b13-11-,36-34+/t41-,42+/m0/s1. The molecule has 1 unspecified atom stereocenters. The lowest BCUT2D eigenvalue weighted by molar-refractivity contribution is -0.870. The van der Waals surface area contributed by atoms with Crippen molar-refractivity contribution < 1.29 is 32.9 Å². The van der Waals surface area contributed by atoms with Crippen LogP contribution in [0.1, 0.15) is 194 Å². The van der Waals surface area contributed by atoms with Gasteiger partial charge in [-0.05, 0) is 38.5 Å². The zero-order chi connectivity index (χ0) is 38.6. The van der Waals surface area contributed by atoms with E-state index in [0.717, 1.165) is 38.5 Å².